The van der Waals surface area contributed by atoms with Crippen molar-refractivity contribution in [1.29, 1.82) is 5.41 Å². The molecule has 17 heavy (non-hydrogen) atoms. The van der Waals surface area contributed by atoms with E-state index in [1.165, 1.54) is 25.7 Å². The fourth-order valence-electron chi connectivity index (χ4n) is 2.42. The van der Waals surface area contributed by atoms with Crippen LogP contribution < -0.4 is 10.6 Å². The van der Waals surface area contributed by atoms with Crippen molar-refractivity contribution in [1.82, 2.24) is 9.97 Å². The van der Waals surface area contributed by atoms with Gasteiger partial charge in [-0.25, -0.2) is 9.97 Å². The van der Waals surface area contributed by atoms with E-state index in [0.29, 0.717) is 17.7 Å². The van der Waals surface area contributed by atoms with E-state index in [2.05, 4.69) is 21.8 Å². The Hall–Kier alpha value is -1.65. The van der Waals surface area contributed by atoms with Crippen molar-refractivity contribution < 1.29 is 0 Å². The standard InChI is InChI=1S/C12H19N5/c1-2-17(9-5-3-4-6-9)12-15-8-7-10(16-12)11(13)14/h7-9H,2-6H2,1H3,(H3,13,14). The molecule has 0 bridgehead atoms. The van der Waals surface area contributed by atoms with Crippen molar-refractivity contribution >= 4 is 11.8 Å². The van der Waals surface area contributed by atoms with Gasteiger partial charge in [-0.3, -0.25) is 5.41 Å². The number of nitrogens with one attached hydrogen (secondary N) is 1. The Morgan fingerprint density at radius 3 is 2.82 bits per heavy atom. The average molecular weight is 233 g/mol. The molecule has 3 N–H and O–H groups in total. The zero-order valence-corrected chi connectivity index (χ0v) is 10.2. The topological polar surface area (TPSA) is 78.9 Å². The molecule has 1 aliphatic rings. The Morgan fingerprint density at radius 1 is 1.53 bits per heavy atom. The molecule has 1 fully saturated rings. The van der Waals surface area contributed by atoms with Gasteiger partial charge in [-0.15, -0.1) is 0 Å². The Bertz CT molecular complexity index is 398. The third-order valence-corrected chi connectivity index (χ3v) is 3.28. The van der Waals surface area contributed by atoms with Crippen LogP contribution in [0.1, 0.15) is 38.3 Å². The molecule has 0 radical (unpaired) electrons. The van der Waals surface area contributed by atoms with Crippen LogP contribution in [0.3, 0.4) is 0 Å². The van der Waals surface area contributed by atoms with Crippen LogP contribution >= 0.6 is 0 Å². The Labute approximate surface area is 102 Å². The third-order valence-electron chi connectivity index (χ3n) is 3.28. The molecule has 92 valence electrons. The van der Waals surface area contributed by atoms with Crippen LogP contribution in [0.15, 0.2) is 12.3 Å². The summed E-state index contributed by atoms with van der Waals surface area (Å²) in [7, 11) is 0. The summed E-state index contributed by atoms with van der Waals surface area (Å²) >= 11 is 0. The molecule has 0 aromatic carbocycles. The molecule has 0 atom stereocenters. The summed E-state index contributed by atoms with van der Waals surface area (Å²) in [5.74, 6) is 0.697. The lowest BCUT2D eigenvalue weighted by Crippen LogP contribution is -2.34. The van der Waals surface area contributed by atoms with Gasteiger partial charge in [0.25, 0.3) is 0 Å². The van der Waals surface area contributed by atoms with Gasteiger partial charge in [-0.2, -0.15) is 0 Å². The summed E-state index contributed by atoms with van der Waals surface area (Å²) in [6.07, 6.45) is 6.67. The number of hydrogen-bond acceptors (Lipinski definition) is 4. The third kappa shape index (κ3) is 2.54. The second-order valence-corrected chi connectivity index (χ2v) is 4.38. The van der Waals surface area contributed by atoms with Crippen molar-refractivity contribution in [2.24, 2.45) is 5.73 Å². The number of nitrogens with two attached hydrogens (primary N) is 1. The lowest BCUT2D eigenvalue weighted by molar-refractivity contribution is 0.605. The molecule has 0 spiro atoms. The number of nitrogens with zero attached hydrogens (tertiary/aromatic N) is 3. The molecular weight excluding hydrogens is 214 g/mol. The van der Waals surface area contributed by atoms with Crippen LogP contribution in [0.25, 0.3) is 0 Å². The fourth-order valence-corrected chi connectivity index (χ4v) is 2.42. The van der Waals surface area contributed by atoms with Crippen molar-refractivity contribution in [3.8, 4) is 0 Å². The molecule has 1 aromatic heterocycles. The zero-order valence-electron chi connectivity index (χ0n) is 10.2. The fraction of sp³-hybridized carbons (Fsp3) is 0.583. The van der Waals surface area contributed by atoms with Crippen molar-refractivity contribution in [2.75, 3.05) is 11.4 Å². The molecule has 0 aliphatic heterocycles. The predicted molar refractivity (Wildman–Crippen MR) is 68.3 cm³/mol. The van der Waals surface area contributed by atoms with Crippen LogP contribution in [0, 0.1) is 5.41 Å². The molecule has 1 heterocycles. The van der Waals surface area contributed by atoms with Gasteiger partial charge in [0.15, 0.2) is 0 Å². The minimum absolute atomic E-state index is 0.00359. The molecular formula is C12H19N5. The van der Waals surface area contributed by atoms with Crippen molar-refractivity contribution in [3.05, 3.63) is 18.0 Å². The minimum atomic E-state index is -0.00359. The highest BCUT2D eigenvalue weighted by molar-refractivity contribution is 5.93. The smallest absolute Gasteiger partial charge is 0.226 e. The molecule has 0 amide bonds. The van der Waals surface area contributed by atoms with E-state index in [1.54, 1.807) is 12.3 Å². The van der Waals surface area contributed by atoms with E-state index in [0.717, 1.165) is 6.54 Å². The van der Waals surface area contributed by atoms with Gasteiger partial charge in [-0.05, 0) is 25.8 Å². The van der Waals surface area contributed by atoms with Gasteiger partial charge in [0.1, 0.15) is 11.5 Å². The maximum absolute atomic E-state index is 7.41. The first-order valence-corrected chi connectivity index (χ1v) is 6.16. The highest BCUT2D eigenvalue weighted by atomic mass is 15.3. The normalized spacial score (nSPS) is 16.1. The van der Waals surface area contributed by atoms with Crippen LogP contribution in [0.4, 0.5) is 5.95 Å². The van der Waals surface area contributed by atoms with Gasteiger partial charge in [0.2, 0.25) is 5.95 Å². The summed E-state index contributed by atoms with van der Waals surface area (Å²) in [5.41, 5.74) is 5.96. The van der Waals surface area contributed by atoms with Gasteiger partial charge in [0, 0.05) is 18.8 Å². The number of anilines is 1. The summed E-state index contributed by atoms with van der Waals surface area (Å²) in [4.78, 5) is 10.9. The largest absolute Gasteiger partial charge is 0.382 e. The van der Waals surface area contributed by atoms with E-state index in [9.17, 15) is 0 Å². The van der Waals surface area contributed by atoms with E-state index in [4.69, 9.17) is 11.1 Å². The van der Waals surface area contributed by atoms with Crippen molar-refractivity contribution in [2.45, 2.75) is 38.6 Å². The monoisotopic (exact) mass is 233 g/mol. The average Bonchev–Trinajstić information content (AvgIpc) is 2.84. The van der Waals surface area contributed by atoms with Crippen molar-refractivity contribution in [3.63, 3.8) is 0 Å². The van der Waals surface area contributed by atoms with Gasteiger partial charge in [-0.1, -0.05) is 12.8 Å². The number of nitrogen functional groups attached to an aromatic ring is 1. The molecule has 0 unspecified atom stereocenters. The first-order valence-electron chi connectivity index (χ1n) is 6.16. The first-order chi connectivity index (χ1) is 8.22. The van der Waals surface area contributed by atoms with E-state index in [1.807, 2.05) is 0 Å². The molecule has 5 nitrogen and oxygen atoms in total. The number of amidine groups is 1. The Kier molecular flexibility index (Phi) is 3.56. The molecule has 2 rings (SSSR count). The van der Waals surface area contributed by atoms with Gasteiger partial charge < -0.3 is 10.6 Å². The second kappa shape index (κ2) is 5.12. The molecule has 1 aromatic rings. The van der Waals surface area contributed by atoms with Crippen LogP contribution in [0.5, 0.6) is 0 Å². The SMILES string of the molecule is CCN(c1nccc(C(=N)N)n1)C1CCCC1. The molecule has 1 saturated carbocycles. The van der Waals surface area contributed by atoms with Crippen LogP contribution in [-0.2, 0) is 0 Å². The summed E-state index contributed by atoms with van der Waals surface area (Å²) in [6, 6.07) is 2.22. The quantitative estimate of drug-likeness (QED) is 0.610. The Morgan fingerprint density at radius 2 is 2.24 bits per heavy atom. The summed E-state index contributed by atoms with van der Waals surface area (Å²) < 4.78 is 0. The van der Waals surface area contributed by atoms with E-state index < -0.39 is 0 Å². The molecule has 5 heteroatoms. The van der Waals surface area contributed by atoms with E-state index in [-0.39, 0.29) is 5.84 Å². The van der Waals surface area contributed by atoms with E-state index >= 15 is 0 Å². The number of hydrogen-bond donors (Lipinski definition) is 2. The predicted octanol–water partition coefficient (Wildman–Crippen LogP) is 1.53. The Balaban J connectivity index is 2.23. The summed E-state index contributed by atoms with van der Waals surface area (Å²) in [6.45, 7) is 3.01. The lowest BCUT2D eigenvalue weighted by Gasteiger charge is -2.27. The molecule has 0 saturated heterocycles. The van der Waals surface area contributed by atoms with Gasteiger partial charge in [0.05, 0.1) is 0 Å². The van der Waals surface area contributed by atoms with Gasteiger partial charge >= 0.3 is 0 Å². The highest BCUT2D eigenvalue weighted by Crippen LogP contribution is 2.25. The highest BCUT2D eigenvalue weighted by Gasteiger charge is 2.23. The summed E-state index contributed by atoms with van der Waals surface area (Å²) in [5, 5.41) is 7.41. The lowest BCUT2D eigenvalue weighted by atomic mass is 10.2. The van der Waals surface area contributed by atoms with Crippen LogP contribution in [-0.4, -0.2) is 28.4 Å². The first kappa shape index (κ1) is 11.8. The van der Waals surface area contributed by atoms with Crippen LogP contribution in [0.2, 0.25) is 0 Å². The zero-order chi connectivity index (χ0) is 12.3. The maximum Gasteiger partial charge on any atom is 0.226 e. The molecule has 1 aliphatic carbocycles. The number of rotatable bonds is 4. The minimum Gasteiger partial charge on any atom is -0.382 e. The second-order valence-electron chi connectivity index (χ2n) is 4.38. The number of aromatic nitrogens is 2. The maximum atomic E-state index is 7.41.